The molecule has 588 valence electrons. The Balaban J connectivity index is 0.000000315. The highest BCUT2D eigenvalue weighted by molar-refractivity contribution is 6.51. The third kappa shape index (κ3) is 22.6. The van der Waals surface area contributed by atoms with Gasteiger partial charge in [-0.05, 0) is 169 Å². The maximum atomic E-state index is 14.8. The molecule has 2 aliphatic heterocycles. The second kappa shape index (κ2) is 37.5. The van der Waals surface area contributed by atoms with E-state index in [4.69, 9.17) is 56.9 Å². The van der Waals surface area contributed by atoms with Crippen molar-refractivity contribution in [3.8, 4) is 11.4 Å². The molecule has 22 nitrogen and oxygen atoms in total. The predicted octanol–water partition coefficient (Wildman–Crippen LogP) is 18.5. The molecule has 3 unspecified atom stereocenters. The number of likely N-dealkylation sites (N-methyl/N-ethyl adjacent to an activating group) is 2. The van der Waals surface area contributed by atoms with Crippen molar-refractivity contribution in [3.05, 3.63) is 123 Å². The zero-order valence-corrected chi connectivity index (χ0v) is 70.0. The minimum Gasteiger partial charge on any atom is -0.465 e. The van der Waals surface area contributed by atoms with Gasteiger partial charge in [-0.25, -0.2) is 29.3 Å². The molecule has 8 rings (SSSR count). The van der Waals surface area contributed by atoms with Crippen molar-refractivity contribution in [1.29, 1.82) is 0 Å². The summed E-state index contributed by atoms with van der Waals surface area (Å²) in [4.78, 5) is 83.1. The standard InChI is InChI=1S/C49H68N6O4.C27H37N7O3.C10H20O2/c1-17-49(14,15)45(57)58-26-25-54(18-2)34-23-24-37(31(4)29-34)51-43-39(50-16)38(42-52-41(53-55(42)43)32-19-21-33(22-20-32)46(5,6)7)44(56)59-40-35(47(8,9)10)27-30(3)28-36(40)48(11,12)13;1-9-18(3)25(35)37-16-15-36-14-13-33(10-2)20-11-12-21(19(4)17-20)29-22-23(28-8)31-34-24(22)30-26(32-34)27(5,6)7;1-5-7-8-12-9(11)10(3,4)6-2/h19-24,29-30,35-36,40H,17-18,25-28H2,1-15H3;11-12,17-18H,9-10,13-16H2,1-7H3;5-8H2,1-4H3. The minimum atomic E-state index is -0.568. The average molecular weight is 1490 g/mol. The van der Waals surface area contributed by atoms with Gasteiger partial charge in [0.05, 0.1) is 61.1 Å². The summed E-state index contributed by atoms with van der Waals surface area (Å²) in [6, 6.07) is 20.1. The monoisotopic (exact) mass is 1480 g/mol. The summed E-state index contributed by atoms with van der Waals surface area (Å²) in [6.45, 7) is 74.7. The second-order valence-electron chi connectivity index (χ2n) is 34.3. The van der Waals surface area contributed by atoms with E-state index in [1.54, 1.807) is 4.68 Å². The number of unbranched alkanes of at least 4 members (excludes halogenated alkanes) is 1. The molecule has 5 aromatic rings. The lowest BCUT2D eigenvalue weighted by molar-refractivity contribution is -0.162. The predicted molar refractivity (Wildman–Crippen MR) is 433 cm³/mol. The number of aryl methyl sites for hydroxylation is 2. The number of allylic oxidation sites excluding steroid dienone is 1. The topological polar surface area (TPSA) is 228 Å². The summed E-state index contributed by atoms with van der Waals surface area (Å²) < 4.78 is 29.9. The first-order valence-corrected chi connectivity index (χ1v) is 38.9. The summed E-state index contributed by atoms with van der Waals surface area (Å²) in [5.74, 6) is 1.89. The van der Waals surface area contributed by atoms with Crippen molar-refractivity contribution in [2.24, 2.45) is 60.4 Å². The van der Waals surface area contributed by atoms with Crippen LogP contribution in [0.15, 0.2) is 81.4 Å². The van der Waals surface area contributed by atoms with Gasteiger partial charge in [-0.15, -0.1) is 10.2 Å². The van der Waals surface area contributed by atoms with Gasteiger partial charge >= 0.3 is 29.7 Å². The molecule has 0 radical (unpaired) electrons. The van der Waals surface area contributed by atoms with Crippen LogP contribution in [-0.4, -0.2) is 136 Å². The number of hydrogen-bond acceptors (Lipinski definition) is 18. The first-order valence-electron chi connectivity index (χ1n) is 38.9. The molecule has 108 heavy (non-hydrogen) atoms. The Morgan fingerprint density at radius 2 is 1.17 bits per heavy atom. The van der Waals surface area contributed by atoms with E-state index in [-0.39, 0.29) is 111 Å². The van der Waals surface area contributed by atoms with Crippen molar-refractivity contribution >= 4 is 69.6 Å². The van der Waals surface area contributed by atoms with Crippen LogP contribution >= 0.6 is 0 Å². The number of fused-ring (bicyclic) bond motifs is 2. The first kappa shape index (κ1) is 88.0. The van der Waals surface area contributed by atoms with Gasteiger partial charge in [0.2, 0.25) is 11.5 Å². The first-order chi connectivity index (χ1) is 50.5. The molecule has 4 heterocycles. The smallest absolute Gasteiger partial charge is 0.331 e. The van der Waals surface area contributed by atoms with Crippen LogP contribution in [0, 0.1) is 72.3 Å². The van der Waals surface area contributed by atoms with Crippen LogP contribution in [0.4, 0.5) is 22.7 Å². The normalized spacial score (nSPS) is 17.6. The fourth-order valence-corrected chi connectivity index (χ4v) is 12.5. The largest absolute Gasteiger partial charge is 0.465 e. The van der Waals surface area contributed by atoms with Gasteiger partial charge in [-0.1, -0.05) is 167 Å². The van der Waals surface area contributed by atoms with Crippen LogP contribution in [0.2, 0.25) is 0 Å². The molecule has 0 N–H and O–H groups in total. The fourth-order valence-electron chi connectivity index (χ4n) is 12.5. The van der Waals surface area contributed by atoms with E-state index >= 15 is 0 Å². The third-order valence-corrected chi connectivity index (χ3v) is 20.9. The van der Waals surface area contributed by atoms with E-state index in [2.05, 4.69) is 143 Å². The summed E-state index contributed by atoms with van der Waals surface area (Å²) in [6.07, 6.45) is 5.89. The molecule has 0 spiro atoms. The van der Waals surface area contributed by atoms with Gasteiger partial charge in [0.1, 0.15) is 30.6 Å². The highest BCUT2D eigenvalue weighted by Gasteiger charge is 2.50. The van der Waals surface area contributed by atoms with Crippen LogP contribution in [-0.2, 0) is 53.7 Å². The molecule has 3 aromatic carbocycles. The zero-order valence-electron chi connectivity index (χ0n) is 70.0. The third-order valence-electron chi connectivity index (χ3n) is 20.9. The van der Waals surface area contributed by atoms with Gasteiger partial charge in [0, 0.05) is 58.9 Å². The molecule has 3 atom stereocenters. The van der Waals surface area contributed by atoms with Crippen LogP contribution in [0.3, 0.4) is 0 Å². The Morgan fingerprint density at radius 3 is 1.64 bits per heavy atom. The van der Waals surface area contributed by atoms with E-state index in [1.165, 1.54) is 10.4 Å². The lowest BCUT2D eigenvalue weighted by Gasteiger charge is -2.50. The molecule has 2 aromatic heterocycles. The summed E-state index contributed by atoms with van der Waals surface area (Å²) >= 11 is 0. The SMILES string of the molecule is CCCCOC(=O)C(C)(C)CC.[C-]#[N+]C1=C(C(=O)OC2C(C(C)(C)C)CC(C)CC2C(C)(C)C)c2nc(-c3ccc(C(C)(C)C)cc3)nn2C1=Nc1ccc(N(CC)CCOC(=O)C(C)(C)CC)cc1C.[C-]#[N+]C1=Nn2nc(C(C)(C)C)nc2C1=Nc1ccc(N(CC)CCOCCOC(=O)C(C)CC)cc1C. The van der Waals surface area contributed by atoms with Crippen LogP contribution in [0.1, 0.15) is 245 Å². The molecule has 0 amide bonds. The number of aromatic nitrogens is 6. The maximum Gasteiger partial charge on any atom is 0.331 e. The van der Waals surface area contributed by atoms with E-state index in [0.717, 1.165) is 78.8 Å². The number of ether oxygens (including phenoxy) is 5. The molecule has 3 aliphatic rings. The number of carbonyl (C=O) groups excluding carboxylic acids is 4. The molecular weight excluding hydrogens is 1360 g/mol. The molecule has 1 saturated carbocycles. The quantitative estimate of drug-likeness (QED) is 0.0206. The highest BCUT2D eigenvalue weighted by Crippen LogP contribution is 2.50. The molecule has 1 fully saturated rings. The maximum absolute atomic E-state index is 14.8. The Kier molecular flexibility index (Phi) is 30.5. The fraction of sp³-hybridized carbons (Fsp3) is 0.616. The van der Waals surface area contributed by atoms with Crippen molar-refractivity contribution in [3.63, 3.8) is 0 Å². The van der Waals surface area contributed by atoms with Gasteiger partial charge in [-0.3, -0.25) is 19.4 Å². The zero-order chi connectivity index (χ0) is 80.6. The number of hydrogen-bond donors (Lipinski definition) is 0. The minimum absolute atomic E-state index is 0.0289. The van der Waals surface area contributed by atoms with E-state index < -0.39 is 11.4 Å². The Hall–Kier alpha value is -8.89. The van der Waals surface area contributed by atoms with Crippen molar-refractivity contribution in [2.75, 3.05) is 69.0 Å². The Morgan fingerprint density at radius 1 is 0.630 bits per heavy atom. The molecule has 0 saturated heterocycles. The lowest BCUT2D eigenvalue weighted by Crippen LogP contribution is -2.49. The number of carbonyl (C=O) groups is 4. The Labute approximate surface area is 645 Å². The number of aliphatic imine (C=N–C) groups is 2. The molecular formula is C86H125N13O9. The number of rotatable bonds is 27. The molecule has 22 heteroatoms. The number of anilines is 2. The van der Waals surface area contributed by atoms with Crippen LogP contribution in [0.5, 0.6) is 0 Å². The van der Waals surface area contributed by atoms with Gasteiger partial charge in [-0.2, -0.15) is 0 Å². The summed E-state index contributed by atoms with van der Waals surface area (Å²) in [7, 11) is 0. The van der Waals surface area contributed by atoms with Gasteiger partial charge in [0.25, 0.3) is 0 Å². The average Bonchev–Trinajstić information content (AvgIpc) is 1.57. The lowest BCUT2D eigenvalue weighted by atomic mass is 9.59. The summed E-state index contributed by atoms with van der Waals surface area (Å²) in [5, 5.41) is 13.6. The highest BCUT2D eigenvalue weighted by atomic mass is 16.6. The van der Waals surface area contributed by atoms with Gasteiger partial charge < -0.3 is 38.3 Å². The van der Waals surface area contributed by atoms with Crippen molar-refractivity contribution in [2.45, 2.75) is 242 Å². The van der Waals surface area contributed by atoms with E-state index in [9.17, 15) is 19.2 Å². The number of amidine groups is 1. The number of esters is 4. The van der Waals surface area contributed by atoms with Crippen LogP contribution < -0.4 is 9.80 Å². The molecule has 1 aliphatic carbocycles. The van der Waals surface area contributed by atoms with Crippen molar-refractivity contribution < 1.29 is 42.9 Å². The van der Waals surface area contributed by atoms with E-state index in [0.29, 0.717) is 80.7 Å². The van der Waals surface area contributed by atoms with E-state index in [1.807, 2.05) is 132 Å². The number of nitrogens with zero attached hydrogens (tertiary/aromatic N) is 13. The van der Waals surface area contributed by atoms with Gasteiger partial charge in [0.15, 0.2) is 23.3 Å². The molecule has 0 bridgehead atoms. The summed E-state index contributed by atoms with van der Waals surface area (Å²) in [5.41, 5.74) is 6.49. The van der Waals surface area contributed by atoms with Crippen molar-refractivity contribution in [1.82, 2.24) is 29.6 Å². The van der Waals surface area contributed by atoms with Crippen LogP contribution in [0.25, 0.3) is 26.7 Å². The second-order valence-corrected chi connectivity index (χ2v) is 34.3. The number of benzene rings is 3. The Bertz CT molecular complexity index is 4130.